The van der Waals surface area contributed by atoms with E-state index in [0.29, 0.717) is 24.5 Å². The molecule has 1 aliphatic carbocycles. The van der Waals surface area contributed by atoms with Crippen molar-refractivity contribution in [2.24, 2.45) is 5.41 Å². The Balaban J connectivity index is 1.94. The van der Waals surface area contributed by atoms with Gasteiger partial charge in [0.15, 0.2) is 0 Å². The number of nitrogens with one attached hydrogen (secondary N) is 1. The summed E-state index contributed by atoms with van der Waals surface area (Å²) >= 11 is 0. The van der Waals surface area contributed by atoms with Gasteiger partial charge in [-0.15, -0.1) is 0 Å². The molecule has 0 radical (unpaired) electrons. The first-order valence-electron chi connectivity index (χ1n) is 7.25. The maximum atomic E-state index is 12.3. The Labute approximate surface area is 125 Å². The van der Waals surface area contributed by atoms with Gasteiger partial charge in [0.05, 0.1) is 13.2 Å². The number of rotatable bonds is 8. The summed E-state index contributed by atoms with van der Waals surface area (Å²) in [4.78, 5) is 12.3. The van der Waals surface area contributed by atoms with Crippen molar-refractivity contribution < 1.29 is 19.4 Å². The third kappa shape index (κ3) is 3.95. The van der Waals surface area contributed by atoms with E-state index in [4.69, 9.17) is 9.47 Å². The highest BCUT2D eigenvalue weighted by Gasteiger charge is 2.47. The summed E-state index contributed by atoms with van der Waals surface area (Å²) in [6, 6.07) is 7.04. The highest BCUT2D eigenvalue weighted by Crippen LogP contribution is 2.48. The summed E-state index contributed by atoms with van der Waals surface area (Å²) in [6.45, 7) is 3.02. The van der Waals surface area contributed by atoms with Crippen LogP contribution in [0.1, 0.15) is 30.1 Å². The molecule has 1 saturated carbocycles. The van der Waals surface area contributed by atoms with Crippen LogP contribution in [0.15, 0.2) is 24.3 Å². The largest absolute Gasteiger partial charge is 0.491 e. The highest BCUT2D eigenvalue weighted by molar-refractivity contribution is 5.94. The molecule has 1 aromatic rings. The lowest BCUT2D eigenvalue weighted by Crippen LogP contribution is -2.40. The van der Waals surface area contributed by atoms with Crippen molar-refractivity contribution in [2.75, 3.05) is 26.9 Å². The van der Waals surface area contributed by atoms with Gasteiger partial charge >= 0.3 is 0 Å². The van der Waals surface area contributed by atoms with E-state index < -0.39 is 0 Å². The Bertz CT molecular complexity index is 485. The summed E-state index contributed by atoms with van der Waals surface area (Å²) < 4.78 is 10.4. The smallest absolute Gasteiger partial charge is 0.251 e. The monoisotopic (exact) mass is 293 g/mol. The van der Waals surface area contributed by atoms with Gasteiger partial charge in [0.2, 0.25) is 0 Å². The van der Waals surface area contributed by atoms with Crippen molar-refractivity contribution in [3.8, 4) is 5.75 Å². The Kier molecular flexibility index (Phi) is 5.20. The molecule has 1 atom stereocenters. The number of hydrogen-bond acceptors (Lipinski definition) is 4. The van der Waals surface area contributed by atoms with E-state index in [1.54, 1.807) is 25.3 Å². The van der Waals surface area contributed by atoms with Gasteiger partial charge in [0.1, 0.15) is 12.4 Å². The van der Waals surface area contributed by atoms with E-state index >= 15 is 0 Å². The predicted octanol–water partition coefficient (Wildman–Crippen LogP) is 1.60. The minimum Gasteiger partial charge on any atom is -0.491 e. The van der Waals surface area contributed by atoms with E-state index in [2.05, 4.69) is 5.32 Å². The maximum absolute atomic E-state index is 12.3. The van der Waals surface area contributed by atoms with Gasteiger partial charge in [-0.1, -0.05) is 6.07 Å². The second-order valence-corrected chi connectivity index (χ2v) is 5.58. The van der Waals surface area contributed by atoms with Crippen LogP contribution in [-0.2, 0) is 4.74 Å². The summed E-state index contributed by atoms with van der Waals surface area (Å²) in [6.07, 6.45) is 1.93. The van der Waals surface area contributed by atoms with E-state index in [-0.39, 0.29) is 24.0 Å². The lowest BCUT2D eigenvalue weighted by molar-refractivity contribution is 0.0899. The normalized spacial score (nSPS) is 17.1. The molecule has 0 spiro atoms. The zero-order chi connectivity index (χ0) is 15.3. The third-order valence-corrected chi connectivity index (χ3v) is 4.13. The van der Waals surface area contributed by atoms with Crippen molar-refractivity contribution in [1.82, 2.24) is 5.32 Å². The quantitative estimate of drug-likeness (QED) is 0.714. The molecule has 5 heteroatoms. The van der Waals surface area contributed by atoms with Crippen LogP contribution in [0.2, 0.25) is 0 Å². The molecule has 5 nitrogen and oxygen atoms in total. The van der Waals surface area contributed by atoms with E-state index in [9.17, 15) is 9.90 Å². The third-order valence-electron chi connectivity index (χ3n) is 4.13. The number of ether oxygens (including phenoxy) is 2. The second-order valence-electron chi connectivity index (χ2n) is 5.58. The summed E-state index contributed by atoms with van der Waals surface area (Å²) in [7, 11) is 1.61. The zero-order valence-electron chi connectivity index (χ0n) is 12.6. The molecule has 0 aromatic heterocycles. The minimum absolute atomic E-state index is 0.0342. The molecular formula is C16H23NO4. The molecule has 2 N–H and O–H groups in total. The van der Waals surface area contributed by atoms with Crippen LogP contribution in [0.3, 0.4) is 0 Å². The van der Waals surface area contributed by atoms with Crippen LogP contribution < -0.4 is 10.1 Å². The topological polar surface area (TPSA) is 67.8 Å². The average molecular weight is 293 g/mol. The number of benzene rings is 1. The fourth-order valence-corrected chi connectivity index (χ4v) is 2.29. The maximum Gasteiger partial charge on any atom is 0.251 e. The van der Waals surface area contributed by atoms with Crippen LogP contribution in [0, 0.1) is 5.41 Å². The number of carbonyl (C=O) groups is 1. The zero-order valence-corrected chi connectivity index (χ0v) is 12.6. The molecule has 0 saturated heterocycles. The van der Waals surface area contributed by atoms with Gasteiger partial charge < -0.3 is 19.9 Å². The molecule has 1 aliphatic rings. The lowest BCUT2D eigenvalue weighted by atomic mass is 9.99. The lowest BCUT2D eigenvalue weighted by Gasteiger charge is -2.22. The number of methoxy groups -OCH3 is 1. The first-order valence-corrected chi connectivity index (χ1v) is 7.25. The van der Waals surface area contributed by atoms with E-state index in [0.717, 1.165) is 12.8 Å². The Hall–Kier alpha value is -1.59. The van der Waals surface area contributed by atoms with Crippen LogP contribution >= 0.6 is 0 Å². The van der Waals surface area contributed by atoms with Crippen LogP contribution in [-0.4, -0.2) is 44.0 Å². The average Bonchev–Trinajstić information content (AvgIpc) is 3.29. The van der Waals surface area contributed by atoms with Gasteiger partial charge in [0, 0.05) is 24.1 Å². The Morgan fingerprint density at radius 2 is 2.19 bits per heavy atom. The molecule has 0 bridgehead atoms. The molecule has 1 aromatic carbocycles. The molecule has 1 fully saturated rings. The SMILES string of the molecule is COCCOc1cccc(C(=O)NC(C)C2(CO)CC2)c1. The fraction of sp³-hybridized carbons (Fsp3) is 0.562. The van der Waals surface area contributed by atoms with Crippen molar-refractivity contribution in [3.63, 3.8) is 0 Å². The first-order chi connectivity index (χ1) is 10.1. The van der Waals surface area contributed by atoms with Gasteiger partial charge in [-0.2, -0.15) is 0 Å². The van der Waals surface area contributed by atoms with Gasteiger partial charge in [-0.05, 0) is 38.0 Å². The number of carbonyl (C=O) groups excluding carboxylic acids is 1. The van der Waals surface area contributed by atoms with E-state index in [1.807, 2.05) is 13.0 Å². The van der Waals surface area contributed by atoms with Crippen LogP contribution in [0.4, 0.5) is 0 Å². The number of aliphatic hydroxyl groups is 1. The van der Waals surface area contributed by atoms with Crippen LogP contribution in [0.5, 0.6) is 5.75 Å². The summed E-state index contributed by atoms with van der Waals surface area (Å²) in [5, 5.41) is 12.4. The molecule has 116 valence electrons. The van der Waals surface area contributed by atoms with Gasteiger partial charge in [-0.3, -0.25) is 4.79 Å². The van der Waals surface area contributed by atoms with E-state index in [1.165, 1.54) is 0 Å². The van der Waals surface area contributed by atoms with Crippen molar-refractivity contribution >= 4 is 5.91 Å². The first kappa shape index (κ1) is 15.8. The summed E-state index contributed by atoms with van der Waals surface area (Å²) in [5.41, 5.74) is 0.438. The fourth-order valence-electron chi connectivity index (χ4n) is 2.29. The van der Waals surface area contributed by atoms with Crippen molar-refractivity contribution in [1.29, 1.82) is 0 Å². The minimum atomic E-state index is -0.139. The molecule has 2 rings (SSSR count). The molecular weight excluding hydrogens is 270 g/mol. The number of aliphatic hydroxyl groups excluding tert-OH is 1. The number of amides is 1. The van der Waals surface area contributed by atoms with Crippen molar-refractivity contribution in [2.45, 2.75) is 25.8 Å². The standard InChI is InChI=1S/C16H23NO4/c1-12(16(11-18)6-7-16)17-15(19)13-4-3-5-14(10-13)21-9-8-20-2/h3-5,10,12,18H,6-9,11H2,1-2H3,(H,17,19). The number of hydrogen-bond donors (Lipinski definition) is 2. The molecule has 0 heterocycles. The Morgan fingerprint density at radius 3 is 2.81 bits per heavy atom. The summed E-state index contributed by atoms with van der Waals surface area (Å²) in [5.74, 6) is 0.509. The molecule has 21 heavy (non-hydrogen) atoms. The van der Waals surface area contributed by atoms with Crippen LogP contribution in [0.25, 0.3) is 0 Å². The van der Waals surface area contributed by atoms with Gasteiger partial charge in [-0.25, -0.2) is 0 Å². The highest BCUT2D eigenvalue weighted by atomic mass is 16.5. The molecule has 1 amide bonds. The second kappa shape index (κ2) is 6.91. The molecule has 0 aliphatic heterocycles. The Morgan fingerprint density at radius 1 is 1.43 bits per heavy atom. The van der Waals surface area contributed by atoms with Crippen molar-refractivity contribution in [3.05, 3.63) is 29.8 Å². The molecule has 1 unspecified atom stereocenters. The predicted molar refractivity (Wildman–Crippen MR) is 79.5 cm³/mol. The van der Waals surface area contributed by atoms with Gasteiger partial charge in [0.25, 0.3) is 5.91 Å².